The third kappa shape index (κ3) is 2.92. The van der Waals surface area contributed by atoms with Crippen LogP contribution in [0.1, 0.15) is 37.7 Å². The maximum absolute atomic E-state index is 5.79. The van der Waals surface area contributed by atoms with Crippen molar-refractivity contribution in [2.45, 2.75) is 39.0 Å². The highest BCUT2D eigenvalue weighted by atomic mass is 35.5. The van der Waals surface area contributed by atoms with E-state index >= 15 is 0 Å². The van der Waals surface area contributed by atoms with Crippen LogP contribution in [-0.4, -0.2) is 15.9 Å². The van der Waals surface area contributed by atoms with Crippen LogP contribution in [0.4, 0.5) is 5.82 Å². The molecule has 1 saturated carbocycles. The monoisotopic (exact) mass is 238 g/mol. The van der Waals surface area contributed by atoms with Gasteiger partial charge in [0.05, 0.1) is 0 Å². The Kier molecular flexibility index (Phi) is 3.72. The van der Waals surface area contributed by atoms with Crippen molar-refractivity contribution in [1.29, 1.82) is 0 Å². The molecule has 0 atom stereocenters. The molecule has 1 aromatic heterocycles. The predicted molar refractivity (Wildman–Crippen MR) is 65.9 cm³/mol. The fraction of sp³-hybridized carbons (Fsp3) is 0.545. The molecule has 0 amide bonds. The Morgan fingerprint density at radius 2 is 2.00 bits per heavy atom. The number of halogens is 1. The van der Waals surface area contributed by atoms with Gasteiger partial charge in [0.2, 0.25) is 0 Å². The first-order valence-electron chi connectivity index (χ1n) is 5.57. The first-order valence-corrected chi connectivity index (χ1v) is 5.95. The van der Waals surface area contributed by atoms with Gasteiger partial charge in [-0.25, -0.2) is 0 Å². The molecule has 0 radical (unpaired) electrons. The maximum Gasteiger partial charge on any atom is 0.169 e. The SMILES string of the molecule is Cc1cc(NN=C2CCCCC2)nnc1Cl. The van der Waals surface area contributed by atoms with Gasteiger partial charge in [0.25, 0.3) is 0 Å². The molecule has 86 valence electrons. The highest BCUT2D eigenvalue weighted by Gasteiger charge is 2.06. The second-order valence-electron chi connectivity index (χ2n) is 4.05. The highest BCUT2D eigenvalue weighted by Crippen LogP contribution is 2.16. The fourth-order valence-electron chi connectivity index (χ4n) is 1.73. The molecule has 1 aliphatic rings. The van der Waals surface area contributed by atoms with Crippen LogP contribution >= 0.6 is 11.6 Å². The van der Waals surface area contributed by atoms with E-state index < -0.39 is 0 Å². The molecular formula is C11H15ClN4. The second-order valence-corrected chi connectivity index (χ2v) is 4.41. The summed E-state index contributed by atoms with van der Waals surface area (Å²) in [6.45, 7) is 1.90. The third-order valence-electron chi connectivity index (χ3n) is 2.68. The third-order valence-corrected chi connectivity index (χ3v) is 3.06. The van der Waals surface area contributed by atoms with Gasteiger partial charge in [0.15, 0.2) is 11.0 Å². The van der Waals surface area contributed by atoms with Gasteiger partial charge in [-0.1, -0.05) is 18.0 Å². The van der Waals surface area contributed by atoms with Crippen molar-refractivity contribution in [3.63, 3.8) is 0 Å². The van der Waals surface area contributed by atoms with Crippen LogP contribution in [0.3, 0.4) is 0 Å². The van der Waals surface area contributed by atoms with E-state index in [1.807, 2.05) is 13.0 Å². The molecule has 1 aliphatic carbocycles. The number of rotatable bonds is 2. The molecule has 0 saturated heterocycles. The van der Waals surface area contributed by atoms with Gasteiger partial charge in [-0.2, -0.15) is 5.10 Å². The average Bonchev–Trinajstić information content (AvgIpc) is 2.32. The van der Waals surface area contributed by atoms with E-state index in [0.29, 0.717) is 11.0 Å². The molecule has 16 heavy (non-hydrogen) atoms. The number of nitrogens with zero attached hydrogens (tertiary/aromatic N) is 3. The number of aromatic nitrogens is 2. The zero-order valence-electron chi connectivity index (χ0n) is 9.33. The number of nitrogens with one attached hydrogen (secondary N) is 1. The van der Waals surface area contributed by atoms with Gasteiger partial charge in [-0.15, -0.1) is 10.2 Å². The standard InChI is InChI=1S/C11H15ClN4/c1-8-7-10(15-16-11(8)12)14-13-9-5-3-2-4-6-9/h7H,2-6H2,1H3,(H,14,15). The van der Waals surface area contributed by atoms with Crippen LogP contribution in [0, 0.1) is 6.92 Å². The summed E-state index contributed by atoms with van der Waals surface area (Å²) in [7, 11) is 0. The lowest BCUT2D eigenvalue weighted by atomic mass is 9.99. The van der Waals surface area contributed by atoms with E-state index in [-0.39, 0.29) is 0 Å². The minimum Gasteiger partial charge on any atom is -0.260 e. The summed E-state index contributed by atoms with van der Waals surface area (Å²) in [6, 6.07) is 1.85. The molecule has 2 rings (SSSR count). The Labute approximate surface area is 100 Å². The summed E-state index contributed by atoms with van der Waals surface area (Å²) >= 11 is 5.79. The minimum absolute atomic E-state index is 0.441. The zero-order valence-corrected chi connectivity index (χ0v) is 10.1. The molecule has 0 spiro atoms. The molecule has 0 bridgehead atoms. The van der Waals surface area contributed by atoms with Crippen LogP contribution in [0.25, 0.3) is 0 Å². The fourth-order valence-corrected chi connectivity index (χ4v) is 1.83. The van der Waals surface area contributed by atoms with E-state index in [1.54, 1.807) is 0 Å². The lowest BCUT2D eigenvalue weighted by Gasteiger charge is -2.12. The topological polar surface area (TPSA) is 50.2 Å². The van der Waals surface area contributed by atoms with Crippen molar-refractivity contribution in [3.8, 4) is 0 Å². The van der Waals surface area contributed by atoms with Crippen LogP contribution in [-0.2, 0) is 0 Å². The molecule has 1 aromatic rings. The van der Waals surface area contributed by atoms with Gasteiger partial charge in [0, 0.05) is 5.71 Å². The lowest BCUT2D eigenvalue weighted by Crippen LogP contribution is -2.08. The van der Waals surface area contributed by atoms with Crippen molar-refractivity contribution in [2.24, 2.45) is 5.10 Å². The lowest BCUT2D eigenvalue weighted by molar-refractivity contribution is 0.665. The quantitative estimate of drug-likeness (QED) is 0.806. The minimum atomic E-state index is 0.441. The molecular weight excluding hydrogens is 224 g/mol. The van der Waals surface area contributed by atoms with Crippen molar-refractivity contribution < 1.29 is 0 Å². The number of hydrogen-bond acceptors (Lipinski definition) is 4. The predicted octanol–water partition coefficient (Wildman–Crippen LogP) is 3.17. The van der Waals surface area contributed by atoms with Crippen molar-refractivity contribution in [2.75, 3.05) is 5.43 Å². The number of anilines is 1. The second kappa shape index (κ2) is 5.25. The Morgan fingerprint density at radius 1 is 1.25 bits per heavy atom. The first kappa shape index (κ1) is 11.3. The number of hydrogen-bond donors (Lipinski definition) is 1. The van der Waals surface area contributed by atoms with Gasteiger partial charge in [0.1, 0.15) is 0 Å². The van der Waals surface area contributed by atoms with E-state index in [2.05, 4.69) is 20.7 Å². The highest BCUT2D eigenvalue weighted by molar-refractivity contribution is 6.30. The smallest absolute Gasteiger partial charge is 0.169 e. The van der Waals surface area contributed by atoms with Gasteiger partial charge in [-0.05, 0) is 44.2 Å². The molecule has 0 unspecified atom stereocenters. The number of hydrazone groups is 1. The van der Waals surface area contributed by atoms with Crippen LogP contribution in [0.5, 0.6) is 0 Å². The molecule has 5 heteroatoms. The summed E-state index contributed by atoms with van der Waals surface area (Å²) in [5, 5.41) is 12.5. The van der Waals surface area contributed by atoms with Gasteiger partial charge in [-0.3, -0.25) is 5.43 Å². The summed E-state index contributed by atoms with van der Waals surface area (Å²) in [5.41, 5.74) is 5.07. The summed E-state index contributed by atoms with van der Waals surface area (Å²) in [6.07, 6.45) is 5.98. The van der Waals surface area contributed by atoms with E-state index in [0.717, 1.165) is 18.4 Å². The Bertz CT molecular complexity index is 395. The average molecular weight is 239 g/mol. The van der Waals surface area contributed by atoms with Gasteiger partial charge >= 0.3 is 0 Å². The van der Waals surface area contributed by atoms with E-state index in [4.69, 9.17) is 11.6 Å². The van der Waals surface area contributed by atoms with Crippen LogP contribution < -0.4 is 5.43 Å². The van der Waals surface area contributed by atoms with Crippen molar-refractivity contribution in [3.05, 3.63) is 16.8 Å². The van der Waals surface area contributed by atoms with Crippen molar-refractivity contribution in [1.82, 2.24) is 10.2 Å². The molecule has 0 aliphatic heterocycles. The molecule has 4 nitrogen and oxygen atoms in total. The maximum atomic E-state index is 5.79. The number of aryl methyl sites for hydroxylation is 1. The van der Waals surface area contributed by atoms with Crippen LogP contribution in [0.2, 0.25) is 5.15 Å². The first-order chi connectivity index (χ1) is 7.75. The van der Waals surface area contributed by atoms with E-state index in [9.17, 15) is 0 Å². The molecule has 0 aromatic carbocycles. The molecule has 1 fully saturated rings. The Hall–Kier alpha value is -1.16. The van der Waals surface area contributed by atoms with Crippen molar-refractivity contribution >= 4 is 23.1 Å². The molecule has 1 N–H and O–H groups in total. The van der Waals surface area contributed by atoms with E-state index in [1.165, 1.54) is 25.0 Å². The van der Waals surface area contributed by atoms with Crippen LogP contribution in [0.15, 0.2) is 11.2 Å². The normalized spacial score (nSPS) is 16.0. The van der Waals surface area contributed by atoms with Gasteiger partial charge < -0.3 is 0 Å². The summed E-state index contributed by atoms with van der Waals surface area (Å²) < 4.78 is 0. The Morgan fingerprint density at radius 3 is 2.69 bits per heavy atom. The summed E-state index contributed by atoms with van der Waals surface area (Å²) in [5.74, 6) is 0.653. The molecule has 1 heterocycles. The summed E-state index contributed by atoms with van der Waals surface area (Å²) in [4.78, 5) is 0. The largest absolute Gasteiger partial charge is 0.260 e. The zero-order chi connectivity index (χ0) is 11.4. The Balaban J connectivity index is 2.00.